The fraction of sp³-hybridized carbons (Fsp3) is 0.538. The smallest absolute Gasteiger partial charge is 0.261 e. The zero-order valence-electron chi connectivity index (χ0n) is 10.6. The largest absolute Gasteiger partial charge is 0.489 e. The molecule has 1 fully saturated rings. The lowest BCUT2D eigenvalue weighted by atomic mass is 9.89. The maximum absolute atomic E-state index is 11.2. The van der Waals surface area contributed by atoms with E-state index in [1.165, 1.54) is 25.0 Å². The molecular formula is C13H16BrClO3S. The molecule has 1 aliphatic carbocycles. The molecule has 2 atom stereocenters. The van der Waals surface area contributed by atoms with Gasteiger partial charge in [0.25, 0.3) is 9.05 Å². The molecule has 0 bridgehead atoms. The molecule has 0 aromatic heterocycles. The molecule has 0 radical (unpaired) electrons. The summed E-state index contributed by atoms with van der Waals surface area (Å²) in [6.07, 6.45) is 4.73. The lowest BCUT2D eigenvalue weighted by molar-refractivity contribution is 0.128. The molecule has 106 valence electrons. The summed E-state index contributed by atoms with van der Waals surface area (Å²) in [6.45, 7) is 2.23. The Hall–Kier alpha value is -0.260. The standard InChI is InChI=1S/C13H16BrClO3S/c1-9-3-2-4-10(7-9)18-13-6-5-11(8-12(13)14)19(15,16)17/h5-6,8-10H,2-4,7H2,1H3. The Morgan fingerprint density at radius 2 is 2.11 bits per heavy atom. The van der Waals surface area contributed by atoms with Crippen LogP contribution in [0.2, 0.25) is 0 Å². The van der Waals surface area contributed by atoms with E-state index < -0.39 is 9.05 Å². The van der Waals surface area contributed by atoms with E-state index in [1.54, 1.807) is 6.07 Å². The van der Waals surface area contributed by atoms with E-state index in [1.807, 2.05) is 0 Å². The van der Waals surface area contributed by atoms with Gasteiger partial charge in [0, 0.05) is 10.7 Å². The van der Waals surface area contributed by atoms with Crippen molar-refractivity contribution in [3.63, 3.8) is 0 Å². The summed E-state index contributed by atoms with van der Waals surface area (Å²) in [4.78, 5) is 0.0744. The van der Waals surface area contributed by atoms with Crippen LogP contribution in [0.15, 0.2) is 27.6 Å². The van der Waals surface area contributed by atoms with Gasteiger partial charge in [0.15, 0.2) is 0 Å². The Kier molecular flexibility index (Phi) is 4.79. The second kappa shape index (κ2) is 6.02. The van der Waals surface area contributed by atoms with E-state index in [0.29, 0.717) is 16.1 Å². The highest BCUT2D eigenvalue weighted by Crippen LogP contribution is 2.33. The minimum atomic E-state index is -3.70. The van der Waals surface area contributed by atoms with Crippen LogP contribution in [0.25, 0.3) is 0 Å². The molecule has 2 unspecified atom stereocenters. The third kappa shape index (κ3) is 4.10. The van der Waals surface area contributed by atoms with Gasteiger partial charge in [-0.05, 0) is 59.3 Å². The predicted molar refractivity (Wildman–Crippen MR) is 79.2 cm³/mol. The van der Waals surface area contributed by atoms with Gasteiger partial charge in [-0.15, -0.1) is 0 Å². The predicted octanol–water partition coefficient (Wildman–Crippen LogP) is 4.33. The summed E-state index contributed by atoms with van der Waals surface area (Å²) in [5.41, 5.74) is 0. The third-order valence-electron chi connectivity index (χ3n) is 3.37. The van der Waals surface area contributed by atoms with Crippen molar-refractivity contribution in [2.45, 2.75) is 43.6 Å². The van der Waals surface area contributed by atoms with Crippen LogP contribution in [0.4, 0.5) is 0 Å². The Labute approximate surface area is 126 Å². The molecule has 19 heavy (non-hydrogen) atoms. The van der Waals surface area contributed by atoms with Crippen LogP contribution < -0.4 is 4.74 Å². The van der Waals surface area contributed by atoms with Crippen LogP contribution in [0.3, 0.4) is 0 Å². The van der Waals surface area contributed by atoms with Crippen LogP contribution >= 0.6 is 26.6 Å². The van der Waals surface area contributed by atoms with Gasteiger partial charge in [-0.3, -0.25) is 0 Å². The zero-order chi connectivity index (χ0) is 14.0. The molecule has 0 aliphatic heterocycles. The van der Waals surface area contributed by atoms with Crippen LogP contribution in [0, 0.1) is 5.92 Å². The fourth-order valence-electron chi connectivity index (χ4n) is 2.39. The molecule has 1 aliphatic rings. The summed E-state index contributed by atoms with van der Waals surface area (Å²) in [7, 11) is 1.61. The van der Waals surface area contributed by atoms with Gasteiger partial charge in [-0.1, -0.05) is 13.3 Å². The first-order valence-electron chi connectivity index (χ1n) is 6.27. The van der Waals surface area contributed by atoms with Gasteiger partial charge < -0.3 is 4.74 Å². The second-order valence-corrected chi connectivity index (χ2v) is 8.46. The molecule has 0 saturated heterocycles. The Morgan fingerprint density at radius 3 is 2.68 bits per heavy atom. The Balaban J connectivity index is 2.13. The second-order valence-electron chi connectivity index (χ2n) is 5.04. The van der Waals surface area contributed by atoms with E-state index in [0.717, 1.165) is 12.8 Å². The van der Waals surface area contributed by atoms with E-state index >= 15 is 0 Å². The van der Waals surface area contributed by atoms with Crippen LogP contribution in [-0.2, 0) is 9.05 Å². The highest BCUT2D eigenvalue weighted by molar-refractivity contribution is 9.10. The molecule has 0 heterocycles. The van der Waals surface area contributed by atoms with Gasteiger partial charge in [-0.25, -0.2) is 8.42 Å². The van der Waals surface area contributed by atoms with E-state index in [4.69, 9.17) is 15.4 Å². The topological polar surface area (TPSA) is 43.4 Å². The van der Waals surface area contributed by atoms with Crippen molar-refractivity contribution in [1.29, 1.82) is 0 Å². The summed E-state index contributed by atoms with van der Waals surface area (Å²) < 4.78 is 29.0. The highest BCUT2D eigenvalue weighted by Gasteiger charge is 2.21. The third-order valence-corrected chi connectivity index (χ3v) is 5.34. The fourth-order valence-corrected chi connectivity index (χ4v) is 3.79. The van der Waals surface area contributed by atoms with Gasteiger partial charge in [0.1, 0.15) is 5.75 Å². The van der Waals surface area contributed by atoms with Crippen molar-refractivity contribution in [3.8, 4) is 5.75 Å². The molecule has 2 rings (SSSR count). The molecule has 3 nitrogen and oxygen atoms in total. The number of hydrogen-bond acceptors (Lipinski definition) is 3. The van der Waals surface area contributed by atoms with Crippen molar-refractivity contribution in [2.24, 2.45) is 5.92 Å². The molecule has 0 N–H and O–H groups in total. The molecular weight excluding hydrogens is 352 g/mol. The Bertz CT molecular complexity index is 559. The molecule has 6 heteroatoms. The summed E-state index contributed by atoms with van der Waals surface area (Å²) in [6, 6.07) is 4.59. The molecule has 0 amide bonds. The SMILES string of the molecule is CC1CCCC(Oc2ccc(S(=O)(=O)Cl)cc2Br)C1. The summed E-state index contributed by atoms with van der Waals surface area (Å²) in [5, 5.41) is 0. The van der Waals surface area contributed by atoms with Crippen LogP contribution in [-0.4, -0.2) is 14.5 Å². The number of hydrogen-bond donors (Lipinski definition) is 0. The molecule has 0 spiro atoms. The minimum absolute atomic E-state index is 0.0744. The highest BCUT2D eigenvalue weighted by atomic mass is 79.9. The quantitative estimate of drug-likeness (QED) is 0.747. The first-order chi connectivity index (χ1) is 8.86. The van der Waals surface area contributed by atoms with Gasteiger partial charge in [-0.2, -0.15) is 0 Å². The average Bonchev–Trinajstić information content (AvgIpc) is 2.30. The number of halogens is 2. The summed E-state index contributed by atoms with van der Waals surface area (Å²) >= 11 is 3.33. The summed E-state index contributed by atoms with van der Waals surface area (Å²) in [5.74, 6) is 1.35. The number of ether oxygens (including phenoxy) is 1. The van der Waals surface area contributed by atoms with Crippen molar-refractivity contribution in [2.75, 3.05) is 0 Å². The number of rotatable bonds is 3. The lowest BCUT2D eigenvalue weighted by Gasteiger charge is -2.27. The first kappa shape index (κ1) is 15.1. The Morgan fingerprint density at radius 1 is 1.37 bits per heavy atom. The lowest BCUT2D eigenvalue weighted by Crippen LogP contribution is -2.24. The minimum Gasteiger partial charge on any atom is -0.489 e. The van der Waals surface area contributed by atoms with E-state index in [-0.39, 0.29) is 11.0 Å². The van der Waals surface area contributed by atoms with E-state index in [9.17, 15) is 8.42 Å². The van der Waals surface area contributed by atoms with Crippen molar-refractivity contribution in [3.05, 3.63) is 22.7 Å². The monoisotopic (exact) mass is 366 g/mol. The van der Waals surface area contributed by atoms with Gasteiger partial charge in [0.05, 0.1) is 15.5 Å². The van der Waals surface area contributed by atoms with E-state index in [2.05, 4.69) is 22.9 Å². The average molecular weight is 368 g/mol. The van der Waals surface area contributed by atoms with Crippen molar-refractivity contribution in [1.82, 2.24) is 0 Å². The van der Waals surface area contributed by atoms with Crippen molar-refractivity contribution >= 4 is 35.7 Å². The van der Waals surface area contributed by atoms with Gasteiger partial charge in [0.2, 0.25) is 0 Å². The van der Waals surface area contributed by atoms with Gasteiger partial charge >= 0.3 is 0 Å². The van der Waals surface area contributed by atoms with Crippen LogP contribution in [0.1, 0.15) is 32.6 Å². The normalized spacial score (nSPS) is 24.2. The first-order valence-corrected chi connectivity index (χ1v) is 9.37. The zero-order valence-corrected chi connectivity index (χ0v) is 13.8. The molecule has 1 aromatic carbocycles. The molecule has 1 aromatic rings. The maximum Gasteiger partial charge on any atom is 0.261 e. The maximum atomic E-state index is 11.2. The molecule has 1 saturated carbocycles. The number of benzene rings is 1. The van der Waals surface area contributed by atoms with Crippen LogP contribution in [0.5, 0.6) is 5.75 Å². The van der Waals surface area contributed by atoms with Crippen molar-refractivity contribution < 1.29 is 13.2 Å².